The number of rotatable bonds is 4. The SMILES string of the molecule is NC(=O)c1cc([C@@H]2CCCN(c3ccc(F)cc3S(=O)(=O)C(F)(F)F)C2)[nH]n1. The van der Waals surface area contributed by atoms with E-state index >= 15 is 0 Å². The fraction of sp³-hybridized carbons (Fsp3) is 0.375. The summed E-state index contributed by atoms with van der Waals surface area (Å²) >= 11 is 0. The number of aromatic amines is 1. The van der Waals surface area contributed by atoms with Gasteiger partial charge in [-0.3, -0.25) is 9.89 Å². The number of nitrogens with two attached hydrogens (primary N) is 1. The minimum Gasteiger partial charge on any atom is -0.370 e. The molecule has 0 saturated carbocycles. The first-order valence-electron chi connectivity index (χ1n) is 8.21. The predicted molar refractivity (Wildman–Crippen MR) is 90.9 cm³/mol. The van der Waals surface area contributed by atoms with Gasteiger partial charge < -0.3 is 10.6 Å². The largest absolute Gasteiger partial charge is 0.501 e. The molecule has 1 aromatic carbocycles. The van der Waals surface area contributed by atoms with Gasteiger partial charge in [0.05, 0.1) is 5.69 Å². The van der Waals surface area contributed by atoms with Crippen LogP contribution in [0.4, 0.5) is 23.2 Å². The Kier molecular flexibility index (Phi) is 5.08. The second kappa shape index (κ2) is 7.08. The number of amides is 1. The Balaban J connectivity index is 1.96. The van der Waals surface area contributed by atoms with Gasteiger partial charge in [-0.15, -0.1) is 0 Å². The van der Waals surface area contributed by atoms with Crippen LogP contribution in [0.1, 0.15) is 34.9 Å². The topological polar surface area (TPSA) is 109 Å². The maximum absolute atomic E-state index is 13.5. The highest BCUT2D eigenvalue weighted by atomic mass is 32.2. The van der Waals surface area contributed by atoms with Crippen molar-refractivity contribution in [2.24, 2.45) is 5.73 Å². The third-order valence-electron chi connectivity index (χ3n) is 4.57. The number of anilines is 1. The van der Waals surface area contributed by atoms with Gasteiger partial charge in [0.2, 0.25) is 0 Å². The molecule has 1 amide bonds. The van der Waals surface area contributed by atoms with E-state index in [1.54, 1.807) is 0 Å². The van der Waals surface area contributed by atoms with E-state index in [0.717, 1.165) is 12.1 Å². The van der Waals surface area contributed by atoms with E-state index in [4.69, 9.17) is 5.73 Å². The summed E-state index contributed by atoms with van der Waals surface area (Å²) in [6, 6.07) is 3.77. The van der Waals surface area contributed by atoms with Crippen molar-refractivity contribution in [2.75, 3.05) is 18.0 Å². The number of H-pyrrole nitrogens is 1. The van der Waals surface area contributed by atoms with Gasteiger partial charge in [-0.1, -0.05) is 0 Å². The Morgan fingerprint density at radius 3 is 2.61 bits per heavy atom. The first kappa shape index (κ1) is 20.1. The second-order valence-corrected chi connectivity index (χ2v) is 8.33. The molecule has 7 nitrogen and oxygen atoms in total. The van der Waals surface area contributed by atoms with Crippen molar-refractivity contribution in [3.63, 3.8) is 0 Å². The van der Waals surface area contributed by atoms with Crippen LogP contribution >= 0.6 is 0 Å². The number of aromatic nitrogens is 2. The number of primary amides is 1. The van der Waals surface area contributed by atoms with Gasteiger partial charge in [0, 0.05) is 24.7 Å². The number of nitrogens with one attached hydrogen (secondary N) is 1. The summed E-state index contributed by atoms with van der Waals surface area (Å²) in [6.07, 6.45) is 1.18. The van der Waals surface area contributed by atoms with Crippen LogP contribution in [0.5, 0.6) is 0 Å². The second-order valence-electron chi connectivity index (χ2n) is 6.42. The summed E-state index contributed by atoms with van der Waals surface area (Å²) in [4.78, 5) is 11.5. The van der Waals surface area contributed by atoms with Gasteiger partial charge in [-0.05, 0) is 37.1 Å². The standard InChI is InChI=1S/C16H16F4N4O3S/c17-10-3-4-13(14(6-10)28(26,27)16(18,19)20)24-5-1-2-9(8-24)11-7-12(15(21)25)23-22-11/h3-4,6-7,9H,1-2,5,8H2,(H2,21,25)(H,22,23)/t9-/m1/s1. The number of sulfone groups is 1. The van der Waals surface area contributed by atoms with Crippen LogP contribution in [0.2, 0.25) is 0 Å². The van der Waals surface area contributed by atoms with Gasteiger partial charge in [-0.2, -0.15) is 18.3 Å². The van der Waals surface area contributed by atoms with Gasteiger partial charge in [0.15, 0.2) is 0 Å². The van der Waals surface area contributed by atoms with Crippen LogP contribution < -0.4 is 10.6 Å². The first-order chi connectivity index (χ1) is 13.0. The highest BCUT2D eigenvalue weighted by Gasteiger charge is 2.48. The number of alkyl halides is 3. The van der Waals surface area contributed by atoms with Crippen LogP contribution in [0, 0.1) is 5.82 Å². The van der Waals surface area contributed by atoms with Crippen molar-refractivity contribution in [1.29, 1.82) is 0 Å². The number of benzene rings is 1. The van der Waals surface area contributed by atoms with E-state index < -0.39 is 32.0 Å². The number of nitrogens with zero attached hydrogens (tertiary/aromatic N) is 2. The lowest BCUT2D eigenvalue weighted by Crippen LogP contribution is -2.36. The molecular formula is C16H16F4N4O3S. The van der Waals surface area contributed by atoms with E-state index in [0.29, 0.717) is 31.1 Å². The number of piperidine rings is 1. The molecule has 1 aliphatic heterocycles. The molecule has 152 valence electrons. The van der Waals surface area contributed by atoms with E-state index in [2.05, 4.69) is 10.2 Å². The summed E-state index contributed by atoms with van der Waals surface area (Å²) in [7, 11) is -5.73. The van der Waals surface area contributed by atoms with E-state index in [-0.39, 0.29) is 23.8 Å². The molecule has 3 rings (SSSR count). The molecule has 0 unspecified atom stereocenters. The molecule has 2 heterocycles. The molecule has 12 heteroatoms. The van der Waals surface area contributed by atoms with Crippen LogP contribution in [0.15, 0.2) is 29.2 Å². The quantitative estimate of drug-likeness (QED) is 0.738. The molecule has 0 bridgehead atoms. The normalized spacial score (nSPS) is 18.3. The lowest BCUT2D eigenvalue weighted by atomic mass is 9.94. The van der Waals surface area contributed by atoms with E-state index in [1.165, 1.54) is 11.0 Å². The van der Waals surface area contributed by atoms with E-state index in [9.17, 15) is 30.8 Å². The molecule has 1 saturated heterocycles. The third kappa shape index (κ3) is 3.68. The number of carbonyl (C=O) groups is 1. The molecular weight excluding hydrogens is 404 g/mol. The highest BCUT2D eigenvalue weighted by Crippen LogP contribution is 2.38. The van der Waals surface area contributed by atoms with Crippen molar-refractivity contribution in [3.8, 4) is 0 Å². The maximum atomic E-state index is 13.5. The summed E-state index contributed by atoms with van der Waals surface area (Å²) in [6.45, 7) is 0.450. The Morgan fingerprint density at radius 1 is 1.29 bits per heavy atom. The third-order valence-corrected chi connectivity index (χ3v) is 6.08. The van der Waals surface area contributed by atoms with Crippen molar-refractivity contribution in [2.45, 2.75) is 29.2 Å². The summed E-state index contributed by atoms with van der Waals surface area (Å²) in [5, 5.41) is 6.45. The van der Waals surface area contributed by atoms with Crippen LogP contribution in [0.3, 0.4) is 0 Å². The van der Waals surface area contributed by atoms with Gasteiger partial charge in [0.25, 0.3) is 15.7 Å². The molecule has 1 aliphatic rings. The van der Waals surface area contributed by atoms with Crippen molar-refractivity contribution in [1.82, 2.24) is 10.2 Å². The number of carbonyl (C=O) groups excluding carboxylic acids is 1. The molecule has 3 N–H and O–H groups in total. The Bertz CT molecular complexity index is 1000. The zero-order valence-electron chi connectivity index (χ0n) is 14.3. The molecule has 0 radical (unpaired) electrons. The van der Waals surface area contributed by atoms with Crippen molar-refractivity contribution in [3.05, 3.63) is 41.5 Å². The predicted octanol–water partition coefficient (Wildman–Crippen LogP) is 2.33. The molecule has 2 aromatic rings. The van der Waals surface area contributed by atoms with Crippen LogP contribution in [-0.4, -0.2) is 43.1 Å². The number of hydrogen-bond donors (Lipinski definition) is 2. The molecule has 1 aromatic heterocycles. The lowest BCUT2D eigenvalue weighted by molar-refractivity contribution is -0.0435. The number of halogens is 4. The first-order valence-corrected chi connectivity index (χ1v) is 9.70. The number of hydrogen-bond acceptors (Lipinski definition) is 5. The highest BCUT2D eigenvalue weighted by molar-refractivity contribution is 7.92. The average Bonchev–Trinajstić information content (AvgIpc) is 3.11. The molecule has 1 fully saturated rings. The lowest BCUT2D eigenvalue weighted by Gasteiger charge is -2.35. The molecule has 0 aliphatic carbocycles. The molecule has 28 heavy (non-hydrogen) atoms. The maximum Gasteiger partial charge on any atom is 0.501 e. The average molecular weight is 420 g/mol. The minimum absolute atomic E-state index is 0.0224. The Morgan fingerprint density at radius 2 is 2.00 bits per heavy atom. The zero-order chi connectivity index (χ0) is 20.7. The van der Waals surface area contributed by atoms with Gasteiger partial charge in [0.1, 0.15) is 16.4 Å². The van der Waals surface area contributed by atoms with Crippen LogP contribution in [0.25, 0.3) is 0 Å². The smallest absolute Gasteiger partial charge is 0.370 e. The van der Waals surface area contributed by atoms with E-state index in [1.807, 2.05) is 0 Å². The van der Waals surface area contributed by atoms with Gasteiger partial charge in [-0.25, -0.2) is 12.8 Å². The molecule has 0 spiro atoms. The monoisotopic (exact) mass is 420 g/mol. The summed E-state index contributed by atoms with van der Waals surface area (Å²) in [5.41, 5.74) is -0.0393. The van der Waals surface area contributed by atoms with Crippen LogP contribution in [-0.2, 0) is 9.84 Å². The molecule has 1 atom stereocenters. The zero-order valence-corrected chi connectivity index (χ0v) is 15.1. The summed E-state index contributed by atoms with van der Waals surface area (Å²) in [5.74, 6) is -2.06. The van der Waals surface area contributed by atoms with Crippen molar-refractivity contribution >= 4 is 21.4 Å². The fourth-order valence-electron chi connectivity index (χ4n) is 3.21. The van der Waals surface area contributed by atoms with Gasteiger partial charge >= 0.3 is 5.51 Å². The Labute approximate surface area is 157 Å². The minimum atomic E-state index is -5.73. The van der Waals surface area contributed by atoms with Crippen molar-refractivity contribution < 1.29 is 30.8 Å². The fourth-order valence-corrected chi connectivity index (χ4v) is 4.20. The Hall–Kier alpha value is -2.63. The summed E-state index contributed by atoms with van der Waals surface area (Å²) < 4.78 is 76.5.